The van der Waals surface area contributed by atoms with Gasteiger partial charge in [-0.15, -0.1) is 0 Å². The predicted octanol–water partition coefficient (Wildman–Crippen LogP) is 4.16. The second-order valence-corrected chi connectivity index (χ2v) is 6.64. The molecule has 0 bridgehead atoms. The van der Waals surface area contributed by atoms with Gasteiger partial charge in [-0.2, -0.15) is 0 Å². The van der Waals surface area contributed by atoms with Gasteiger partial charge in [0.05, 0.1) is 6.10 Å². The summed E-state index contributed by atoms with van der Waals surface area (Å²) in [6.07, 6.45) is 7.00. The van der Waals surface area contributed by atoms with Crippen LogP contribution in [-0.4, -0.2) is 9.67 Å². The second kappa shape index (κ2) is 4.97. The summed E-state index contributed by atoms with van der Waals surface area (Å²) in [5.41, 5.74) is 4.01. The van der Waals surface area contributed by atoms with Gasteiger partial charge in [0.2, 0.25) is 0 Å². The first-order valence-corrected chi connectivity index (χ1v) is 8.02. The molecule has 1 fully saturated rings. The number of aliphatic hydroxyl groups excluding tert-OH is 1. The van der Waals surface area contributed by atoms with E-state index in [0.29, 0.717) is 6.04 Å². The van der Waals surface area contributed by atoms with Gasteiger partial charge >= 0.3 is 0 Å². The van der Waals surface area contributed by atoms with E-state index >= 15 is 0 Å². The van der Waals surface area contributed by atoms with Crippen LogP contribution < -0.4 is 0 Å². The van der Waals surface area contributed by atoms with Crippen LogP contribution in [0.15, 0.2) is 6.07 Å². The van der Waals surface area contributed by atoms with Gasteiger partial charge in [-0.3, -0.25) is 0 Å². The molecule has 2 aliphatic rings. The summed E-state index contributed by atoms with van der Waals surface area (Å²) in [5, 5.41) is 10.2. The van der Waals surface area contributed by atoms with Crippen LogP contribution in [0.25, 0.3) is 0 Å². The molecule has 2 aliphatic carbocycles. The molecule has 0 aromatic carbocycles. The topological polar surface area (TPSA) is 25.2 Å². The van der Waals surface area contributed by atoms with Crippen LogP contribution in [0.2, 0.25) is 0 Å². The van der Waals surface area contributed by atoms with E-state index in [0.717, 1.165) is 31.1 Å². The Morgan fingerprint density at radius 1 is 1.32 bits per heavy atom. The molecule has 1 N–H and O–H groups in total. The highest BCUT2D eigenvalue weighted by atomic mass is 16.3. The van der Waals surface area contributed by atoms with Crippen LogP contribution >= 0.6 is 0 Å². The van der Waals surface area contributed by atoms with Gasteiger partial charge in [0.25, 0.3) is 0 Å². The molecule has 0 aliphatic heterocycles. The van der Waals surface area contributed by atoms with Gasteiger partial charge in [-0.1, -0.05) is 20.3 Å². The Balaban J connectivity index is 1.97. The highest BCUT2D eigenvalue weighted by molar-refractivity contribution is 5.32. The minimum atomic E-state index is -0.220. The Morgan fingerprint density at radius 3 is 2.79 bits per heavy atom. The fourth-order valence-corrected chi connectivity index (χ4v) is 4.53. The summed E-state index contributed by atoms with van der Waals surface area (Å²) >= 11 is 0. The van der Waals surface area contributed by atoms with Crippen LogP contribution in [0, 0.1) is 18.8 Å². The third-order valence-electron chi connectivity index (χ3n) is 5.66. The van der Waals surface area contributed by atoms with Crippen molar-refractivity contribution in [1.82, 2.24) is 4.57 Å². The summed E-state index contributed by atoms with van der Waals surface area (Å²) in [5.74, 6) is 1.66. The first-order chi connectivity index (χ1) is 9.13. The van der Waals surface area contributed by atoms with E-state index in [1.807, 2.05) is 0 Å². The molecular formula is C17H27NO. The minimum Gasteiger partial charge on any atom is -0.388 e. The van der Waals surface area contributed by atoms with E-state index in [2.05, 4.69) is 31.4 Å². The third-order valence-corrected chi connectivity index (χ3v) is 5.66. The first kappa shape index (κ1) is 13.2. The molecule has 0 radical (unpaired) electrons. The predicted molar refractivity (Wildman–Crippen MR) is 78.3 cm³/mol. The highest BCUT2D eigenvalue weighted by Gasteiger charge is 2.35. The molecule has 19 heavy (non-hydrogen) atoms. The van der Waals surface area contributed by atoms with E-state index in [1.54, 1.807) is 0 Å². The Bertz CT molecular complexity index is 462. The summed E-state index contributed by atoms with van der Waals surface area (Å²) < 4.78 is 2.58. The van der Waals surface area contributed by atoms with Crippen LogP contribution in [0.4, 0.5) is 0 Å². The molecule has 1 heterocycles. The van der Waals surface area contributed by atoms with Crippen LogP contribution in [0.3, 0.4) is 0 Å². The average molecular weight is 261 g/mol. The maximum Gasteiger partial charge on any atom is 0.0807 e. The Hall–Kier alpha value is -0.760. The van der Waals surface area contributed by atoms with Crippen molar-refractivity contribution in [3.63, 3.8) is 0 Å². The molecule has 4 atom stereocenters. The monoisotopic (exact) mass is 261 g/mol. The van der Waals surface area contributed by atoms with Crippen molar-refractivity contribution in [2.75, 3.05) is 0 Å². The minimum absolute atomic E-state index is 0.220. The zero-order chi connectivity index (χ0) is 13.6. The van der Waals surface area contributed by atoms with Crippen molar-refractivity contribution in [2.45, 2.75) is 71.4 Å². The standard InChI is InChI=1S/C17H27NO/c1-4-13-8-9-15(12(13)3)18-11(2)10-14-16(18)6-5-7-17(14)19/h10,12-13,15,17,19H,4-9H2,1-3H3. The fraction of sp³-hybridized carbons (Fsp3) is 0.765. The third kappa shape index (κ3) is 2.05. The van der Waals surface area contributed by atoms with Crippen molar-refractivity contribution < 1.29 is 5.11 Å². The van der Waals surface area contributed by atoms with Crippen molar-refractivity contribution >= 4 is 0 Å². The van der Waals surface area contributed by atoms with Gasteiger partial charge < -0.3 is 9.67 Å². The highest BCUT2D eigenvalue weighted by Crippen LogP contribution is 2.45. The molecule has 1 aromatic heterocycles. The van der Waals surface area contributed by atoms with E-state index in [9.17, 15) is 5.11 Å². The molecule has 1 saturated carbocycles. The number of aliphatic hydroxyl groups is 1. The lowest BCUT2D eigenvalue weighted by Gasteiger charge is -2.27. The molecule has 3 rings (SSSR count). The molecule has 0 spiro atoms. The number of aryl methyl sites for hydroxylation is 1. The molecule has 0 amide bonds. The van der Waals surface area contributed by atoms with Crippen LogP contribution in [0.1, 0.15) is 75.0 Å². The zero-order valence-corrected chi connectivity index (χ0v) is 12.5. The molecule has 0 saturated heterocycles. The Kier molecular flexibility index (Phi) is 3.46. The fourth-order valence-electron chi connectivity index (χ4n) is 4.53. The van der Waals surface area contributed by atoms with Gasteiger partial charge in [0.1, 0.15) is 0 Å². The molecular weight excluding hydrogens is 234 g/mol. The van der Waals surface area contributed by atoms with Gasteiger partial charge in [-0.25, -0.2) is 0 Å². The number of rotatable bonds is 2. The lowest BCUT2D eigenvalue weighted by molar-refractivity contribution is 0.155. The zero-order valence-electron chi connectivity index (χ0n) is 12.5. The average Bonchev–Trinajstić information content (AvgIpc) is 2.90. The second-order valence-electron chi connectivity index (χ2n) is 6.64. The molecule has 4 unspecified atom stereocenters. The molecule has 2 nitrogen and oxygen atoms in total. The van der Waals surface area contributed by atoms with Crippen LogP contribution in [0.5, 0.6) is 0 Å². The largest absolute Gasteiger partial charge is 0.388 e. The quantitative estimate of drug-likeness (QED) is 0.849. The lowest BCUT2D eigenvalue weighted by atomic mass is 9.92. The summed E-state index contributed by atoms with van der Waals surface area (Å²) in [7, 11) is 0. The van der Waals surface area contributed by atoms with Crippen molar-refractivity contribution in [1.29, 1.82) is 0 Å². The number of fused-ring (bicyclic) bond motifs is 1. The summed E-state index contributed by atoms with van der Waals surface area (Å²) in [4.78, 5) is 0. The van der Waals surface area contributed by atoms with Crippen molar-refractivity contribution in [3.8, 4) is 0 Å². The number of hydrogen-bond donors (Lipinski definition) is 1. The Labute approximate surface area is 116 Å². The van der Waals surface area contributed by atoms with Gasteiger partial charge in [0.15, 0.2) is 0 Å². The van der Waals surface area contributed by atoms with E-state index in [-0.39, 0.29) is 6.10 Å². The van der Waals surface area contributed by atoms with Crippen molar-refractivity contribution in [2.24, 2.45) is 11.8 Å². The van der Waals surface area contributed by atoms with Gasteiger partial charge in [0, 0.05) is 23.0 Å². The van der Waals surface area contributed by atoms with E-state index < -0.39 is 0 Å². The first-order valence-electron chi connectivity index (χ1n) is 8.02. The maximum absolute atomic E-state index is 10.2. The molecule has 106 valence electrons. The number of hydrogen-bond acceptors (Lipinski definition) is 1. The molecule has 1 aromatic rings. The SMILES string of the molecule is CCC1CCC(n2c(C)cc3c2CCCC3O)C1C. The smallest absolute Gasteiger partial charge is 0.0807 e. The maximum atomic E-state index is 10.2. The van der Waals surface area contributed by atoms with E-state index in [1.165, 1.54) is 36.2 Å². The lowest BCUT2D eigenvalue weighted by Crippen LogP contribution is -2.20. The van der Waals surface area contributed by atoms with Crippen molar-refractivity contribution in [3.05, 3.63) is 23.0 Å². The number of aromatic nitrogens is 1. The van der Waals surface area contributed by atoms with E-state index in [4.69, 9.17) is 0 Å². The van der Waals surface area contributed by atoms with Crippen LogP contribution in [-0.2, 0) is 6.42 Å². The van der Waals surface area contributed by atoms with Gasteiger partial charge in [-0.05, 0) is 56.9 Å². The normalized spacial score (nSPS) is 34.5. The summed E-state index contributed by atoms with van der Waals surface area (Å²) in [6.45, 7) is 6.97. The Morgan fingerprint density at radius 2 is 2.11 bits per heavy atom. The molecule has 2 heteroatoms. The summed E-state index contributed by atoms with van der Waals surface area (Å²) in [6, 6.07) is 2.91. The number of nitrogens with zero attached hydrogens (tertiary/aromatic N) is 1.